The first-order valence-electron chi connectivity index (χ1n) is 8.75. The molecule has 1 aliphatic heterocycles. The van der Waals surface area contributed by atoms with E-state index in [0.29, 0.717) is 24.3 Å². The predicted octanol–water partition coefficient (Wildman–Crippen LogP) is 3.77. The molecule has 0 bridgehead atoms. The van der Waals surface area contributed by atoms with Crippen LogP contribution in [0, 0.1) is 0 Å². The maximum atomic E-state index is 12.8. The smallest absolute Gasteiger partial charge is 0.227 e. The molecule has 2 aromatic carbocycles. The van der Waals surface area contributed by atoms with Crippen molar-refractivity contribution in [2.45, 2.75) is 30.6 Å². The van der Waals surface area contributed by atoms with E-state index in [1.807, 2.05) is 18.2 Å². The molecule has 3 rings (SSSR count). The summed E-state index contributed by atoms with van der Waals surface area (Å²) in [5.41, 5.74) is 2.81. The number of methoxy groups -OCH3 is 1. The number of sulfone groups is 1. The lowest BCUT2D eigenvalue weighted by Crippen LogP contribution is -2.35. The van der Waals surface area contributed by atoms with Gasteiger partial charge in [0.1, 0.15) is 5.75 Å². The van der Waals surface area contributed by atoms with Gasteiger partial charge in [0.2, 0.25) is 5.91 Å². The van der Waals surface area contributed by atoms with Crippen LogP contribution in [-0.4, -0.2) is 34.2 Å². The SMILES string of the molecule is COc1ccc(CCC(=O)N2CCCc3cc(S(C)(=O)=O)ccc32)cc1Br. The van der Waals surface area contributed by atoms with Gasteiger partial charge in [0.05, 0.1) is 16.5 Å². The Morgan fingerprint density at radius 1 is 1.22 bits per heavy atom. The first-order chi connectivity index (χ1) is 12.8. The number of anilines is 1. The molecule has 1 aliphatic rings. The summed E-state index contributed by atoms with van der Waals surface area (Å²) < 4.78 is 29.6. The van der Waals surface area contributed by atoms with Crippen molar-refractivity contribution in [2.75, 3.05) is 24.8 Å². The highest BCUT2D eigenvalue weighted by Gasteiger charge is 2.23. The molecule has 0 radical (unpaired) electrons. The Morgan fingerprint density at radius 2 is 2.00 bits per heavy atom. The van der Waals surface area contributed by atoms with E-state index in [1.165, 1.54) is 6.26 Å². The van der Waals surface area contributed by atoms with Crippen LogP contribution < -0.4 is 9.64 Å². The zero-order valence-corrected chi connectivity index (χ0v) is 17.8. The van der Waals surface area contributed by atoms with Crippen molar-refractivity contribution in [1.82, 2.24) is 0 Å². The van der Waals surface area contributed by atoms with Crippen molar-refractivity contribution in [1.29, 1.82) is 0 Å². The Labute approximate surface area is 168 Å². The summed E-state index contributed by atoms with van der Waals surface area (Å²) in [5.74, 6) is 0.812. The van der Waals surface area contributed by atoms with E-state index >= 15 is 0 Å². The molecule has 5 nitrogen and oxygen atoms in total. The van der Waals surface area contributed by atoms with Gasteiger partial charge in [-0.3, -0.25) is 4.79 Å². The van der Waals surface area contributed by atoms with Crippen molar-refractivity contribution >= 4 is 37.4 Å². The summed E-state index contributed by atoms with van der Waals surface area (Å²) in [4.78, 5) is 14.9. The number of nitrogens with zero attached hydrogens (tertiary/aromatic N) is 1. The van der Waals surface area contributed by atoms with E-state index in [-0.39, 0.29) is 5.91 Å². The second kappa shape index (κ2) is 8.02. The fourth-order valence-corrected chi connectivity index (χ4v) is 4.57. The number of aryl methyl sites for hydroxylation is 2. The van der Waals surface area contributed by atoms with Gasteiger partial charge in [0, 0.05) is 24.9 Å². The molecule has 0 saturated carbocycles. The third-order valence-corrected chi connectivity index (χ3v) is 6.47. The molecule has 144 valence electrons. The molecule has 27 heavy (non-hydrogen) atoms. The molecule has 1 amide bonds. The van der Waals surface area contributed by atoms with Gasteiger partial charge < -0.3 is 9.64 Å². The van der Waals surface area contributed by atoms with Gasteiger partial charge in [-0.2, -0.15) is 0 Å². The number of hydrogen-bond donors (Lipinski definition) is 0. The molecule has 0 unspecified atom stereocenters. The third-order valence-electron chi connectivity index (χ3n) is 4.74. The Morgan fingerprint density at radius 3 is 2.67 bits per heavy atom. The number of carbonyl (C=O) groups is 1. The minimum absolute atomic E-state index is 0.0509. The molecular formula is C20H22BrNO4S. The van der Waals surface area contributed by atoms with Gasteiger partial charge in [-0.25, -0.2) is 8.42 Å². The normalized spacial score (nSPS) is 14.0. The standard InChI is InChI=1S/C20H22BrNO4S/c1-26-19-9-5-14(12-17(19)21)6-10-20(23)22-11-3-4-15-13-16(27(2,24)25)7-8-18(15)22/h5,7-9,12-13H,3-4,6,10-11H2,1-2H3. The Balaban J connectivity index is 1.74. The molecule has 0 spiro atoms. The molecule has 0 atom stereocenters. The molecule has 0 N–H and O–H groups in total. The molecular weight excluding hydrogens is 430 g/mol. The number of amides is 1. The minimum Gasteiger partial charge on any atom is -0.496 e. The van der Waals surface area contributed by atoms with Gasteiger partial charge in [-0.15, -0.1) is 0 Å². The molecule has 0 aromatic heterocycles. The van der Waals surface area contributed by atoms with Crippen LogP contribution in [0.5, 0.6) is 5.75 Å². The molecule has 0 fully saturated rings. The number of benzene rings is 2. The van der Waals surface area contributed by atoms with Crippen LogP contribution in [-0.2, 0) is 27.5 Å². The van der Waals surface area contributed by atoms with Crippen LogP contribution in [0.3, 0.4) is 0 Å². The van der Waals surface area contributed by atoms with Crippen LogP contribution in [0.1, 0.15) is 24.0 Å². The lowest BCUT2D eigenvalue weighted by molar-refractivity contribution is -0.118. The third kappa shape index (κ3) is 4.52. The maximum absolute atomic E-state index is 12.8. The average Bonchev–Trinajstić information content (AvgIpc) is 2.64. The quantitative estimate of drug-likeness (QED) is 0.693. The van der Waals surface area contributed by atoms with Crippen molar-refractivity contribution < 1.29 is 17.9 Å². The first-order valence-corrected chi connectivity index (χ1v) is 11.4. The van der Waals surface area contributed by atoms with Crippen molar-refractivity contribution in [3.63, 3.8) is 0 Å². The topological polar surface area (TPSA) is 63.7 Å². The minimum atomic E-state index is -3.25. The van der Waals surface area contributed by atoms with E-state index in [9.17, 15) is 13.2 Å². The molecule has 0 aliphatic carbocycles. The second-order valence-corrected chi connectivity index (χ2v) is 9.55. The summed E-state index contributed by atoms with van der Waals surface area (Å²) in [5, 5.41) is 0. The lowest BCUT2D eigenvalue weighted by Gasteiger charge is -2.30. The van der Waals surface area contributed by atoms with Gasteiger partial charge in [-0.1, -0.05) is 6.07 Å². The van der Waals surface area contributed by atoms with E-state index in [2.05, 4.69) is 15.9 Å². The number of fused-ring (bicyclic) bond motifs is 1. The largest absolute Gasteiger partial charge is 0.496 e. The fraction of sp³-hybridized carbons (Fsp3) is 0.350. The summed E-state index contributed by atoms with van der Waals surface area (Å²) in [6.07, 6.45) is 3.85. The predicted molar refractivity (Wildman–Crippen MR) is 109 cm³/mol. The average molecular weight is 452 g/mol. The van der Waals surface area contributed by atoms with Gasteiger partial charge in [-0.05, 0) is 76.7 Å². The number of ether oxygens (including phenoxy) is 1. The summed E-state index contributed by atoms with van der Waals surface area (Å²) in [6.45, 7) is 0.663. The van der Waals surface area contributed by atoms with Gasteiger partial charge in [0.25, 0.3) is 0 Å². The Kier molecular flexibility index (Phi) is 5.91. The zero-order valence-electron chi connectivity index (χ0n) is 15.4. The van der Waals surface area contributed by atoms with Crippen molar-refractivity contribution in [3.8, 4) is 5.75 Å². The maximum Gasteiger partial charge on any atom is 0.227 e. The van der Waals surface area contributed by atoms with Crippen LogP contribution in [0.4, 0.5) is 5.69 Å². The molecule has 0 saturated heterocycles. The van der Waals surface area contributed by atoms with Crippen LogP contribution in [0.15, 0.2) is 45.8 Å². The summed E-state index contributed by atoms with van der Waals surface area (Å²) in [7, 11) is -1.63. The Bertz CT molecular complexity index is 972. The molecule has 1 heterocycles. The highest BCUT2D eigenvalue weighted by atomic mass is 79.9. The van der Waals surface area contributed by atoms with E-state index in [4.69, 9.17) is 4.74 Å². The highest BCUT2D eigenvalue weighted by Crippen LogP contribution is 2.30. The number of hydrogen-bond acceptors (Lipinski definition) is 4. The van der Waals surface area contributed by atoms with E-state index in [1.54, 1.807) is 30.2 Å². The number of carbonyl (C=O) groups excluding carboxylic acids is 1. The fourth-order valence-electron chi connectivity index (χ4n) is 3.31. The highest BCUT2D eigenvalue weighted by molar-refractivity contribution is 9.10. The van der Waals surface area contributed by atoms with Crippen LogP contribution in [0.2, 0.25) is 0 Å². The van der Waals surface area contributed by atoms with E-state index in [0.717, 1.165) is 39.9 Å². The monoisotopic (exact) mass is 451 g/mol. The first kappa shape index (κ1) is 19.9. The second-order valence-electron chi connectivity index (χ2n) is 6.68. The van der Waals surface area contributed by atoms with Crippen molar-refractivity contribution in [3.05, 3.63) is 52.0 Å². The van der Waals surface area contributed by atoms with Crippen LogP contribution >= 0.6 is 15.9 Å². The van der Waals surface area contributed by atoms with Crippen molar-refractivity contribution in [2.24, 2.45) is 0 Å². The van der Waals surface area contributed by atoms with Gasteiger partial charge in [0.15, 0.2) is 9.84 Å². The number of rotatable bonds is 5. The van der Waals surface area contributed by atoms with Gasteiger partial charge >= 0.3 is 0 Å². The summed E-state index contributed by atoms with van der Waals surface area (Å²) >= 11 is 3.47. The van der Waals surface area contributed by atoms with Crippen LogP contribution in [0.25, 0.3) is 0 Å². The molecule has 7 heteroatoms. The molecule has 2 aromatic rings. The van der Waals surface area contributed by atoms with E-state index < -0.39 is 9.84 Å². The lowest BCUT2D eigenvalue weighted by atomic mass is 10.0. The Hall–Kier alpha value is -1.86. The zero-order chi connectivity index (χ0) is 19.6. The number of halogens is 1. The summed E-state index contributed by atoms with van der Waals surface area (Å²) in [6, 6.07) is 10.8.